The molecule has 0 saturated heterocycles. The number of hydrogen-bond acceptors (Lipinski definition) is 4. The van der Waals surface area contributed by atoms with Crippen LogP contribution in [0.1, 0.15) is 40.5 Å². The molecule has 0 aromatic rings. The van der Waals surface area contributed by atoms with E-state index < -0.39 is 0 Å². The summed E-state index contributed by atoms with van der Waals surface area (Å²) in [6.07, 6.45) is 0.167. The van der Waals surface area contributed by atoms with Crippen LogP contribution in [-0.2, 0) is 83.7 Å². The van der Waals surface area contributed by atoms with Crippen LogP contribution in [0.2, 0.25) is 0 Å². The van der Waals surface area contributed by atoms with E-state index in [2.05, 4.69) is 0 Å². The van der Waals surface area contributed by atoms with Crippen LogP contribution in [0.4, 0.5) is 0 Å². The third-order valence-corrected chi connectivity index (χ3v) is 0.996. The van der Waals surface area contributed by atoms with Crippen LogP contribution >= 0.6 is 0 Å². The summed E-state index contributed by atoms with van der Waals surface area (Å²) in [6, 6.07) is 0. The van der Waals surface area contributed by atoms with Gasteiger partial charge in [0, 0.05) is 37.1 Å². The molecule has 11 heteroatoms. The number of Topliss-reactive ketones (excluding diaryl/α,β-unsaturated/α-hetero) is 4. The molecule has 0 saturated carbocycles. The first-order valence-corrected chi connectivity index (χ1v) is 4.23. The van der Waals surface area contributed by atoms with Crippen LogP contribution in [0.25, 0.3) is 0 Å². The fraction of sp³-hybridized carbons (Fsp3) is 0.600. The SMILES string of the molecule is CC(=O)CC(C)=O.CC(=O)CC(C)=O.[O-2].[O-2].[O-2].[O-2].[O-2].[V].[V]. The summed E-state index contributed by atoms with van der Waals surface area (Å²) in [5, 5.41) is 0. The fourth-order valence-electron chi connectivity index (χ4n) is 0.701. The predicted octanol–water partition coefficient (Wildman–Crippen LogP) is 0.510. The standard InChI is InChI=1S/2C5H8O2.5O.2V/c2*1-4(6)3-5(2)7;;;;;;;/h2*3H2,1-2H3;;;;;;;/q;;5*-2;;. The van der Waals surface area contributed by atoms with Gasteiger partial charge in [0.15, 0.2) is 0 Å². The van der Waals surface area contributed by atoms with Crippen LogP contribution in [0.15, 0.2) is 0 Å². The van der Waals surface area contributed by atoms with Crippen molar-refractivity contribution in [1.82, 2.24) is 0 Å². The minimum atomic E-state index is -0.0625. The molecule has 0 rings (SSSR count). The van der Waals surface area contributed by atoms with Crippen LogP contribution in [-0.4, -0.2) is 23.1 Å². The largest absolute Gasteiger partial charge is 2.00 e. The molecular weight excluding hydrogens is 366 g/mol. The van der Waals surface area contributed by atoms with Gasteiger partial charge in [0.2, 0.25) is 0 Å². The second kappa shape index (κ2) is 36.7. The zero-order valence-electron chi connectivity index (χ0n) is 12.0. The fourth-order valence-corrected chi connectivity index (χ4v) is 0.701. The van der Waals surface area contributed by atoms with Crippen molar-refractivity contribution < 1.29 is 83.7 Å². The molecule has 0 fully saturated rings. The summed E-state index contributed by atoms with van der Waals surface area (Å²) in [7, 11) is 0. The number of rotatable bonds is 4. The van der Waals surface area contributed by atoms with Crippen LogP contribution in [0.3, 0.4) is 0 Å². The van der Waals surface area contributed by atoms with Crippen molar-refractivity contribution in [1.29, 1.82) is 0 Å². The third-order valence-electron chi connectivity index (χ3n) is 0.996. The Morgan fingerprint density at radius 3 is 0.571 bits per heavy atom. The molecule has 0 unspecified atom stereocenters. The first-order valence-electron chi connectivity index (χ1n) is 4.23. The zero-order chi connectivity index (χ0) is 11.7. The Morgan fingerprint density at radius 2 is 0.571 bits per heavy atom. The van der Waals surface area contributed by atoms with Gasteiger partial charge in [-0.3, -0.25) is 19.2 Å². The molecule has 130 valence electrons. The molecule has 0 aliphatic heterocycles. The van der Waals surface area contributed by atoms with Gasteiger partial charge in [-0.15, -0.1) is 0 Å². The minimum Gasteiger partial charge on any atom is -2.00 e. The first kappa shape index (κ1) is 58.7. The van der Waals surface area contributed by atoms with E-state index in [1.165, 1.54) is 27.7 Å². The quantitative estimate of drug-likeness (QED) is 0.635. The van der Waals surface area contributed by atoms with Crippen molar-refractivity contribution >= 4 is 23.1 Å². The number of hydrogen-bond donors (Lipinski definition) is 0. The Balaban J connectivity index is -0.0000000147. The molecule has 0 spiro atoms. The third kappa shape index (κ3) is 105. The molecule has 0 heterocycles. The first-order chi connectivity index (χ1) is 6.25. The van der Waals surface area contributed by atoms with E-state index in [-0.39, 0.29) is 100 Å². The molecule has 21 heavy (non-hydrogen) atoms. The van der Waals surface area contributed by atoms with E-state index in [1.54, 1.807) is 0 Å². The normalized spacial score (nSPS) is 5.52. The van der Waals surface area contributed by atoms with E-state index in [0.717, 1.165) is 0 Å². The Morgan fingerprint density at radius 1 is 0.476 bits per heavy atom. The summed E-state index contributed by atoms with van der Waals surface area (Å²) in [6.45, 7) is 5.62. The van der Waals surface area contributed by atoms with Crippen molar-refractivity contribution in [2.75, 3.05) is 0 Å². The zero-order valence-corrected chi connectivity index (χ0v) is 14.8. The molecule has 0 aromatic heterocycles. The molecule has 0 aliphatic carbocycles. The van der Waals surface area contributed by atoms with Crippen molar-refractivity contribution in [2.24, 2.45) is 0 Å². The van der Waals surface area contributed by atoms with E-state index in [4.69, 9.17) is 0 Å². The molecule has 0 aromatic carbocycles. The van der Waals surface area contributed by atoms with Gasteiger partial charge < -0.3 is 27.4 Å². The van der Waals surface area contributed by atoms with Gasteiger partial charge in [-0.05, 0) is 27.7 Å². The van der Waals surface area contributed by atoms with Crippen molar-refractivity contribution in [2.45, 2.75) is 40.5 Å². The van der Waals surface area contributed by atoms with Crippen LogP contribution in [0.5, 0.6) is 0 Å². The van der Waals surface area contributed by atoms with Gasteiger partial charge >= 0.3 is 0 Å². The molecule has 0 amide bonds. The average Bonchev–Trinajstić information content (AvgIpc) is 1.79. The second-order valence-electron chi connectivity index (χ2n) is 3.16. The number of ketones is 4. The summed E-state index contributed by atoms with van der Waals surface area (Å²) in [4.78, 5) is 40.1. The molecule has 0 aliphatic rings. The van der Waals surface area contributed by atoms with Crippen LogP contribution < -0.4 is 0 Å². The van der Waals surface area contributed by atoms with Gasteiger partial charge in [-0.1, -0.05) is 0 Å². The van der Waals surface area contributed by atoms with Gasteiger partial charge in [0.25, 0.3) is 0 Å². The van der Waals surface area contributed by atoms with Gasteiger partial charge in [0.1, 0.15) is 23.1 Å². The molecule has 2 radical (unpaired) electrons. The molecule has 0 bridgehead atoms. The average molecular weight is 382 g/mol. The van der Waals surface area contributed by atoms with E-state index in [9.17, 15) is 19.2 Å². The Kier molecular flexibility index (Phi) is 103. The van der Waals surface area contributed by atoms with Crippen molar-refractivity contribution in [3.8, 4) is 0 Å². The summed E-state index contributed by atoms with van der Waals surface area (Å²) >= 11 is 0. The predicted molar refractivity (Wildman–Crippen MR) is 55.4 cm³/mol. The summed E-state index contributed by atoms with van der Waals surface area (Å²) < 4.78 is 0. The van der Waals surface area contributed by atoms with Crippen LogP contribution in [0, 0.1) is 0 Å². The molecular formula is C10H16O9V2-10. The Bertz CT molecular complexity index is 207. The molecule has 9 nitrogen and oxygen atoms in total. The topological polar surface area (TPSA) is 211 Å². The Hall–Kier alpha value is -0.351. The van der Waals surface area contributed by atoms with E-state index >= 15 is 0 Å². The second-order valence-corrected chi connectivity index (χ2v) is 3.16. The summed E-state index contributed by atoms with van der Waals surface area (Å²) in [5.41, 5.74) is 0. The maximum atomic E-state index is 10.0. The summed E-state index contributed by atoms with van der Waals surface area (Å²) in [5.74, 6) is -0.250. The molecule has 0 N–H and O–H groups in total. The van der Waals surface area contributed by atoms with E-state index in [1.807, 2.05) is 0 Å². The van der Waals surface area contributed by atoms with Crippen molar-refractivity contribution in [3.63, 3.8) is 0 Å². The maximum Gasteiger partial charge on any atom is 0.137 e. The molecule has 0 atom stereocenters. The van der Waals surface area contributed by atoms with Gasteiger partial charge in [-0.2, -0.15) is 0 Å². The van der Waals surface area contributed by atoms with Gasteiger partial charge in [0.05, 0.1) is 12.8 Å². The van der Waals surface area contributed by atoms with E-state index in [0.29, 0.717) is 0 Å². The number of carbonyl (C=O) groups excluding carboxylic acids is 4. The Labute approximate surface area is 147 Å². The number of carbonyl (C=O) groups is 4. The maximum absolute atomic E-state index is 10.0. The minimum absolute atomic E-state index is 0. The van der Waals surface area contributed by atoms with Gasteiger partial charge in [-0.25, -0.2) is 0 Å². The monoisotopic (exact) mass is 382 g/mol. The smallest absolute Gasteiger partial charge is 0.137 e. The van der Waals surface area contributed by atoms with Crippen molar-refractivity contribution in [3.05, 3.63) is 0 Å².